The molecule has 0 aliphatic heterocycles. The summed E-state index contributed by atoms with van der Waals surface area (Å²) >= 11 is 0. The van der Waals surface area contributed by atoms with Crippen LogP contribution in [-0.4, -0.2) is 39.3 Å². The number of fused-ring (bicyclic) bond motifs is 1. The number of carbonyl (C=O) groups is 1. The largest absolute Gasteiger partial charge is 0.497 e. The van der Waals surface area contributed by atoms with Gasteiger partial charge in [-0.2, -0.15) is 0 Å². The van der Waals surface area contributed by atoms with E-state index in [1.54, 1.807) is 30.3 Å². The van der Waals surface area contributed by atoms with Crippen molar-refractivity contribution in [1.29, 1.82) is 0 Å². The Hall–Kier alpha value is -2.93. The van der Waals surface area contributed by atoms with Gasteiger partial charge in [0.15, 0.2) is 0 Å². The summed E-state index contributed by atoms with van der Waals surface area (Å²) in [5.74, 6) is 0.379. The van der Waals surface area contributed by atoms with Crippen molar-refractivity contribution in [1.82, 2.24) is 14.5 Å². The predicted octanol–water partition coefficient (Wildman–Crippen LogP) is 1.61. The molecule has 3 aromatic rings. The van der Waals surface area contributed by atoms with Crippen LogP contribution >= 0.6 is 0 Å². The van der Waals surface area contributed by atoms with Crippen LogP contribution in [0, 0.1) is 0 Å². The number of anilines is 1. The quantitative estimate of drug-likeness (QED) is 0.747. The highest BCUT2D eigenvalue weighted by Gasteiger charge is 2.19. The zero-order valence-electron chi connectivity index (χ0n) is 12.5. The molecule has 0 saturated heterocycles. The minimum absolute atomic E-state index is 0.322. The van der Waals surface area contributed by atoms with Crippen LogP contribution in [0.1, 0.15) is 6.04 Å². The smallest absolute Gasteiger partial charge is 0.249 e. The van der Waals surface area contributed by atoms with Crippen LogP contribution in [0.15, 0.2) is 49.2 Å². The SMILES string of the molecule is COc1ccc2ncc(NC(=O)[C@H](CO)n3ccnc3)cc2c1. The number of carbonyl (C=O) groups excluding carboxylic acids is 1. The first kappa shape index (κ1) is 15.0. The van der Waals surface area contributed by atoms with E-state index >= 15 is 0 Å². The minimum atomic E-state index is -0.737. The number of aliphatic hydroxyl groups excluding tert-OH is 1. The number of methoxy groups -OCH3 is 1. The molecule has 0 bridgehead atoms. The molecule has 0 aliphatic carbocycles. The van der Waals surface area contributed by atoms with Gasteiger partial charge in [-0.05, 0) is 24.3 Å². The number of amides is 1. The van der Waals surface area contributed by atoms with Crippen LogP contribution in [0.3, 0.4) is 0 Å². The van der Waals surface area contributed by atoms with Gasteiger partial charge < -0.3 is 19.7 Å². The Morgan fingerprint density at radius 2 is 2.30 bits per heavy atom. The first-order valence-corrected chi connectivity index (χ1v) is 7.04. The number of nitrogens with one attached hydrogen (secondary N) is 1. The van der Waals surface area contributed by atoms with E-state index in [2.05, 4.69) is 15.3 Å². The Kier molecular flexibility index (Phi) is 4.20. The van der Waals surface area contributed by atoms with Crippen LogP contribution in [0.4, 0.5) is 5.69 Å². The van der Waals surface area contributed by atoms with E-state index in [0.717, 1.165) is 16.7 Å². The van der Waals surface area contributed by atoms with Crippen LogP contribution in [0.5, 0.6) is 5.75 Å². The highest BCUT2D eigenvalue weighted by atomic mass is 16.5. The van der Waals surface area contributed by atoms with Crippen LogP contribution in [-0.2, 0) is 4.79 Å². The number of imidazole rings is 1. The summed E-state index contributed by atoms with van der Waals surface area (Å²) in [5.41, 5.74) is 1.35. The molecule has 2 N–H and O–H groups in total. The van der Waals surface area contributed by atoms with E-state index in [4.69, 9.17) is 4.74 Å². The van der Waals surface area contributed by atoms with E-state index in [-0.39, 0.29) is 12.5 Å². The van der Waals surface area contributed by atoms with Crippen molar-refractivity contribution in [2.24, 2.45) is 0 Å². The molecule has 0 saturated carbocycles. The zero-order chi connectivity index (χ0) is 16.2. The lowest BCUT2D eigenvalue weighted by molar-refractivity contribution is -0.120. The topological polar surface area (TPSA) is 89.3 Å². The highest BCUT2D eigenvalue weighted by Crippen LogP contribution is 2.22. The van der Waals surface area contributed by atoms with Gasteiger partial charge in [0, 0.05) is 17.8 Å². The molecule has 1 atom stereocenters. The molecule has 0 unspecified atom stereocenters. The third-order valence-corrected chi connectivity index (χ3v) is 3.52. The minimum Gasteiger partial charge on any atom is -0.497 e. The molecule has 2 heterocycles. The average Bonchev–Trinajstić information content (AvgIpc) is 3.09. The van der Waals surface area contributed by atoms with Crippen LogP contribution < -0.4 is 10.1 Å². The average molecular weight is 312 g/mol. The number of pyridine rings is 1. The fourth-order valence-corrected chi connectivity index (χ4v) is 2.30. The van der Waals surface area contributed by atoms with E-state index in [0.29, 0.717) is 5.69 Å². The van der Waals surface area contributed by atoms with Gasteiger partial charge in [0.05, 0.1) is 37.4 Å². The summed E-state index contributed by atoms with van der Waals surface area (Å²) in [6.07, 6.45) is 6.25. The molecule has 3 rings (SSSR count). The molecule has 1 amide bonds. The molecule has 0 radical (unpaired) electrons. The normalized spacial score (nSPS) is 12.1. The number of benzene rings is 1. The molecule has 7 nitrogen and oxygen atoms in total. The second-order valence-electron chi connectivity index (χ2n) is 4.98. The maximum atomic E-state index is 12.3. The molecule has 7 heteroatoms. The summed E-state index contributed by atoms with van der Waals surface area (Å²) in [5, 5.41) is 13.1. The van der Waals surface area contributed by atoms with Gasteiger partial charge in [0.25, 0.3) is 0 Å². The standard InChI is InChI=1S/C16H16N4O3/c1-23-13-2-3-14-11(7-13)6-12(8-18-14)19-16(22)15(9-21)20-5-4-17-10-20/h2-8,10,15,21H,9H2,1H3,(H,19,22)/t15-/m0/s1. The van der Waals surface area contributed by atoms with Crippen molar-refractivity contribution < 1.29 is 14.6 Å². The third kappa shape index (κ3) is 3.14. The summed E-state index contributed by atoms with van der Waals surface area (Å²) in [6, 6.07) is 6.59. The summed E-state index contributed by atoms with van der Waals surface area (Å²) < 4.78 is 6.74. The Labute approximate surface area is 132 Å². The number of rotatable bonds is 5. The fourth-order valence-electron chi connectivity index (χ4n) is 2.30. The lowest BCUT2D eigenvalue weighted by atomic mass is 10.2. The van der Waals surface area contributed by atoms with Crippen molar-refractivity contribution in [3.63, 3.8) is 0 Å². The van der Waals surface area contributed by atoms with Crippen LogP contribution in [0.25, 0.3) is 10.9 Å². The first-order valence-electron chi connectivity index (χ1n) is 7.04. The van der Waals surface area contributed by atoms with Crippen molar-refractivity contribution in [3.8, 4) is 5.75 Å². The van der Waals surface area contributed by atoms with Crippen molar-refractivity contribution in [2.75, 3.05) is 19.0 Å². The zero-order valence-corrected chi connectivity index (χ0v) is 12.5. The number of nitrogens with zero attached hydrogens (tertiary/aromatic N) is 3. The Balaban J connectivity index is 1.84. The van der Waals surface area contributed by atoms with Crippen molar-refractivity contribution in [3.05, 3.63) is 49.2 Å². The van der Waals surface area contributed by atoms with Gasteiger partial charge in [-0.1, -0.05) is 0 Å². The van der Waals surface area contributed by atoms with E-state index in [1.807, 2.05) is 24.3 Å². The molecule has 0 aliphatic rings. The molecule has 2 aromatic heterocycles. The molecule has 23 heavy (non-hydrogen) atoms. The van der Waals surface area contributed by atoms with Crippen molar-refractivity contribution >= 4 is 22.5 Å². The monoisotopic (exact) mass is 312 g/mol. The number of hydrogen-bond donors (Lipinski definition) is 2. The summed E-state index contributed by atoms with van der Waals surface area (Å²) in [6.45, 7) is -0.322. The Morgan fingerprint density at radius 1 is 1.43 bits per heavy atom. The van der Waals surface area contributed by atoms with Gasteiger partial charge in [-0.15, -0.1) is 0 Å². The Morgan fingerprint density at radius 3 is 3.00 bits per heavy atom. The van der Waals surface area contributed by atoms with Gasteiger partial charge in [0.2, 0.25) is 5.91 Å². The number of aliphatic hydroxyl groups is 1. The lowest BCUT2D eigenvalue weighted by Gasteiger charge is -2.15. The molecule has 1 aromatic carbocycles. The predicted molar refractivity (Wildman–Crippen MR) is 85.3 cm³/mol. The molecular formula is C16H16N4O3. The van der Waals surface area contributed by atoms with E-state index in [9.17, 15) is 9.90 Å². The fraction of sp³-hybridized carbons (Fsp3) is 0.188. The number of aromatic nitrogens is 3. The maximum Gasteiger partial charge on any atom is 0.249 e. The number of ether oxygens (including phenoxy) is 1. The van der Waals surface area contributed by atoms with Gasteiger partial charge in [0.1, 0.15) is 11.8 Å². The van der Waals surface area contributed by atoms with Gasteiger partial charge >= 0.3 is 0 Å². The van der Waals surface area contributed by atoms with Crippen LogP contribution in [0.2, 0.25) is 0 Å². The second-order valence-corrected chi connectivity index (χ2v) is 4.98. The molecule has 118 valence electrons. The van der Waals surface area contributed by atoms with Crippen molar-refractivity contribution in [2.45, 2.75) is 6.04 Å². The van der Waals surface area contributed by atoms with E-state index < -0.39 is 6.04 Å². The lowest BCUT2D eigenvalue weighted by Crippen LogP contribution is -2.28. The maximum absolute atomic E-state index is 12.3. The summed E-state index contributed by atoms with van der Waals surface area (Å²) in [4.78, 5) is 20.5. The van der Waals surface area contributed by atoms with Gasteiger partial charge in [-0.3, -0.25) is 9.78 Å². The van der Waals surface area contributed by atoms with Gasteiger partial charge in [-0.25, -0.2) is 4.98 Å². The highest BCUT2D eigenvalue weighted by molar-refractivity contribution is 5.95. The first-order chi connectivity index (χ1) is 11.2. The third-order valence-electron chi connectivity index (χ3n) is 3.52. The second kappa shape index (κ2) is 6.45. The number of hydrogen-bond acceptors (Lipinski definition) is 5. The molecule has 0 fully saturated rings. The molecular weight excluding hydrogens is 296 g/mol. The summed E-state index contributed by atoms with van der Waals surface area (Å²) in [7, 11) is 1.59. The van der Waals surface area contributed by atoms with E-state index in [1.165, 1.54) is 6.33 Å². The molecule has 0 spiro atoms. The Bertz CT molecular complexity index is 817.